The molecule has 1 aromatic rings. The van der Waals surface area contributed by atoms with Gasteiger partial charge in [0, 0.05) is 19.6 Å². The van der Waals surface area contributed by atoms with E-state index in [1.54, 1.807) is 0 Å². The first-order valence-corrected chi connectivity index (χ1v) is 7.22. The Labute approximate surface area is 115 Å². The number of piperidine rings is 1. The molecule has 0 saturated carbocycles. The Morgan fingerprint density at radius 1 is 1.32 bits per heavy atom. The Balaban J connectivity index is 1.67. The fraction of sp³-hybridized carbons (Fsp3) is 0.562. The summed E-state index contributed by atoms with van der Waals surface area (Å²) in [6.45, 7) is 5.62. The number of nitrogens with zero attached hydrogens (tertiary/aromatic N) is 2. The van der Waals surface area contributed by atoms with Crippen LogP contribution in [0.4, 0.5) is 0 Å². The molecule has 1 aromatic carbocycles. The molecule has 2 saturated heterocycles. The molecular formula is C16H21N3. The lowest BCUT2D eigenvalue weighted by molar-refractivity contribution is 0.199. The van der Waals surface area contributed by atoms with Crippen molar-refractivity contribution in [1.29, 1.82) is 5.26 Å². The Bertz CT molecular complexity index is 483. The molecule has 100 valence electrons. The number of nitrogens with one attached hydrogen (secondary N) is 1. The lowest BCUT2D eigenvalue weighted by Gasteiger charge is -2.34. The van der Waals surface area contributed by atoms with Gasteiger partial charge in [0.05, 0.1) is 11.6 Å². The predicted molar refractivity (Wildman–Crippen MR) is 75.6 cm³/mol. The van der Waals surface area contributed by atoms with E-state index in [2.05, 4.69) is 22.4 Å². The van der Waals surface area contributed by atoms with Gasteiger partial charge in [-0.25, -0.2) is 0 Å². The quantitative estimate of drug-likeness (QED) is 0.880. The molecule has 3 heteroatoms. The molecule has 2 aliphatic rings. The van der Waals surface area contributed by atoms with Gasteiger partial charge in [0.15, 0.2) is 0 Å². The molecular weight excluding hydrogens is 234 g/mol. The van der Waals surface area contributed by atoms with Crippen LogP contribution in [0.3, 0.4) is 0 Å². The highest BCUT2D eigenvalue weighted by Gasteiger charge is 2.38. The first-order valence-electron chi connectivity index (χ1n) is 7.22. The van der Waals surface area contributed by atoms with Crippen LogP contribution in [0.1, 0.15) is 30.4 Å². The summed E-state index contributed by atoms with van der Waals surface area (Å²) in [6, 6.07) is 10.3. The zero-order valence-electron chi connectivity index (χ0n) is 11.4. The Hall–Kier alpha value is -1.37. The molecule has 0 amide bonds. The van der Waals surface area contributed by atoms with E-state index in [-0.39, 0.29) is 0 Å². The smallest absolute Gasteiger partial charge is 0.0995 e. The topological polar surface area (TPSA) is 39.1 Å². The van der Waals surface area contributed by atoms with Crippen molar-refractivity contribution in [2.24, 2.45) is 5.41 Å². The van der Waals surface area contributed by atoms with Crippen LogP contribution in [0.2, 0.25) is 0 Å². The zero-order chi connectivity index (χ0) is 13.1. The first-order chi connectivity index (χ1) is 9.31. The molecule has 1 spiro atoms. The molecule has 1 N–H and O–H groups in total. The van der Waals surface area contributed by atoms with E-state index in [9.17, 15) is 0 Å². The molecule has 2 fully saturated rings. The summed E-state index contributed by atoms with van der Waals surface area (Å²) in [5.74, 6) is 0. The summed E-state index contributed by atoms with van der Waals surface area (Å²) < 4.78 is 0. The number of benzene rings is 1. The van der Waals surface area contributed by atoms with Crippen molar-refractivity contribution in [3.05, 3.63) is 35.4 Å². The van der Waals surface area contributed by atoms with Crippen LogP contribution in [0, 0.1) is 16.7 Å². The Morgan fingerprint density at radius 2 is 2.21 bits per heavy atom. The largest absolute Gasteiger partial charge is 0.316 e. The van der Waals surface area contributed by atoms with Crippen LogP contribution in [-0.4, -0.2) is 31.1 Å². The van der Waals surface area contributed by atoms with Gasteiger partial charge >= 0.3 is 0 Å². The molecule has 0 aliphatic carbocycles. The van der Waals surface area contributed by atoms with Crippen molar-refractivity contribution >= 4 is 0 Å². The second kappa shape index (κ2) is 5.32. The summed E-state index contributed by atoms with van der Waals surface area (Å²) in [5, 5.41) is 12.7. The van der Waals surface area contributed by atoms with E-state index in [1.807, 2.05) is 18.2 Å². The maximum absolute atomic E-state index is 9.16. The molecule has 0 radical (unpaired) electrons. The van der Waals surface area contributed by atoms with Crippen LogP contribution in [0.15, 0.2) is 24.3 Å². The minimum Gasteiger partial charge on any atom is -0.316 e. The minimum absolute atomic E-state index is 0.500. The number of hydrogen-bond acceptors (Lipinski definition) is 3. The van der Waals surface area contributed by atoms with E-state index in [1.165, 1.54) is 51.0 Å². The molecule has 0 bridgehead atoms. The number of rotatable bonds is 2. The van der Waals surface area contributed by atoms with Crippen LogP contribution in [0.25, 0.3) is 0 Å². The summed E-state index contributed by atoms with van der Waals surface area (Å²) in [6.07, 6.45) is 3.97. The lowest BCUT2D eigenvalue weighted by atomic mass is 9.80. The normalized spacial score (nSPS) is 27.5. The van der Waals surface area contributed by atoms with E-state index in [0.29, 0.717) is 5.41 Å². The first kappa shape index (κ1) is 12.7. The van der Waals surface area contributed by atoms with Gasteiger partial charge < -0.3 is 5.32 Å². The minimum atomic E-state index is 0.500. The number of hydrogen-bond donors (Lipinski definition) is 1. The highest BCUT2D eigenvalue weighted by Crippen LogP contribution is 2.37. The molecule has 3 rings (SSSR count). The number of nitriles is 1. The highest BCUT2D eigenvalue weighted by molar-refractivity contribution is 5.37. The molecule has 2 heterocycles. The van der Waals surface area contributed by atoms with Crippen molar-refractivity contribution < 1.29 is 0 Å². The van der Waals surface area contributed by atoms with E-state index in [0.717, 1.165) is 12.1 Å². The maximum Gasteiger partial charge on any atom is 0.0995 e. The van der Waals surface area contributed by atoms with Gasteiger partial charge in [-0.2, -0.15) is 5.26 Å². The third kappa shape index (κ3) is 2.65. The predicted octanol–water partition coefficient (Wildman–Crippen LogP) is 2.13. The molecule has 1 atom stereocenters. The average molecular weight is 255 g/mol. The summed E-state index contributed by atoms with van der Waals surface area (Å²) in [7, 11) is 0. The molecule has 0 aromatic heterocycles. The second-order valence-electron chi connectivity index (χ2n) is 6.01. The monoisotopic (exact) mass is 255 g/mol. The third-order valence-corrected chi connectivity index (χ3v) is 4.61. The number of likely N-dealkylation sites (tertiary alicyclic amines) is 1. The van der Waals surface area contributed by atoms with E-state index < -0.39 is 0 Å². The van der Waals surface area contributed by atoms with Gasteiger partial charge in [0.2, 0.25) is 0 Å². The molecule has 3 nitrogen and oxygen atoms in total. The molecule has 2 aliphatic heterocycles. The zero-order valence-corrected chi connectivity index (χ0v) is 11.4. The van der Waals surface area contributed by atoms with Crippen LogP contribution >= 0.6 is 0 Å². The van der Waals surface area contributed by atoms with Crippen molar-refractivity contribution in [3.63, 3.8) is 0 Å². The summed E-state index contributed by atoms with van der Waals surface area (Å²) in [5.41, 5.74) is 2.50. The van der Waals surface area contributed by atoms with Gasteiger partial charge in [0.1, 0.15) is 0 Å². The Morgan fingerprint density at radius 3 is 3.00 bits per heavy atom. The van der Waals surface area contributed by atoms with Crippen molar-refractivity contribution in [2.75, 3.05) is 26.2 Å². The second-order valence-corrected chi connectivity index (χ2v) is 6.01. The van der Waals surface area contributed by atoms with Gasteiger partial charge in [-0.05, 0) is 49.4 Å². The SMILES string of the molecule is N#Cc1ccccc1CN1CC[C@@]2(CCCNC2)C1. The van der Waals surface area contributed by atoms with Gasteiger partial charge in [-0.15, -0.1) is 0 Å². The maximum atomic E-state index is 9.16. The van der Waals surface area contributed by atoms with Crippen molar-refractivity contribution in [3.8, 4) is 6.07 Å². The standard InChI is InChI=1S/C16H21N3/c17-10-14-4-1-2-5-15(14)11-19-9-7-16(13-19)6-3-8-18-12-16/h1-2,4-5,18H,3,6-9,11-13H2/t16-/m1/s1. The molecule has 19 heavy (non-hydrogen) atoms. The Kier molecular flexibility index (Phi) is 3.54. The van der Waals surface area contributed by atoms with Gasteiger partial charge in [0.25, 0.3) is 0 Å². The van der Waals surface area contributed by atoms with Crippen LogP contribution < -0.4 is 5.32 Å². The lowest BCUT2D eigenvalue weighted by Crippen LogP contribution is -2.41. The van der Waals surface area contributed by atoms with E-state index in [4.69, 9.17) is 5.26 Å². The third-order valence-electron chi connectivity index (χ3n) is 4.61. The highest BCUT2D eigenvalue weighted by atomic mass is 15.2. The fourth-order valence-electron chi connectivity index (χ4n) is 3.55. The van der Waals surface area contributed by atoms with Crippen molar-refractivity contribution in [1.82, 2.24) is 10.2 Å². The van der Waals surface area contributed by atoms with Crippen molar-refractivity contribution in [2.45, 2.75) is 25.8 Å². The fourth-order valence-corrected chi connectivity index (χ4v) is 3.55. The van der Waals surface area contributed by atoms with Crippen LogP contribution in [0.5, 0.6) is 0 Å². The average Bonchev–Trinajstić information content (AvgIpc) is 2.83. The summed E-state index contributed by atoms with van der Waals surface area (Å²) in [4.78, 5) is 2.52. The van der Waals surface area contributed by atoms with E-state index >= 15 is 0 Å². The van der Waals surface area contributed by atoms with Crippen LogP contribution in [-0.2, 0) is 6.54 Å². The summed E-state index contributed by atoms with van der Waals surface area (Å²) >= 11 is 0. The van der Waals surface area contributed by atoms with Gasteiger partial charge in [-0.3, -0.25) is 4.90 Å². The molecule has 0 unspecified atom stereocenters. The van der Waals surface area contributed by atoms with Gasteiger partial charge in [-0.1, -0.05) is 18.2 Å².